The number of rotatable bonds is 4. The van der Waals surface area contributed by atoms with Gasteiger partial charge < -0.3 is 4.74 Å². The Labute approximate surface area is 134 Å². The summed E-state index contributed by atoms with van der Waals surface area (Å²) in [5, 5.41) is 7.72. The Bertz CT molecular complexity index is 931. The summed E-state index contributed by atoms with van der Waals surface area (Å²) < 4.78 is 31.0. The number of nitrogens with zero attached hydrogens (tertiary/aromatic N) is 3. The van der Waals surface area contributed by atoms with Crippen LogP contribution in [0.4, 0.5) is 0 Å². The average molecular weight is 329 g/mol. The van der Waals surface area contributed by atoms with E-state index >= 15 is 0 Å². The molecule has 0 N–H and O–H groups in total. The van der Waals surface area contributed by atoms with Crippen LogP contribution in [0.15, 0.2) is 59.6 Å². The number of hydrogen-bond donors (Lipinski definition) is 0. The molecule has 0 aliphatic rings. The molecule has 0 bridgehead atoms. The number of ether oxygens (including phenoxy) is 1. The van der Waals surface area contributed by atoms with E-state index < -0.39 is 10.0 Å². The Morgan fingerprint density at radius 1 is 1.09 bits per heavy atom. The van der Waals surface area contributed by atoms with Crippen molar-refractivity contribution in [3.8, 4) is 17.0 Å². The van der Waals surface area contributed by atoms with Crippen LogP contribution in [0.5, 0.6) is 5.75 Å². The van der Waals surface area contributed by atoms with Gasteiger partial charge in [0.1, 0.15) is 11.4 Å². The quantitative estimate of drug-likeness (QED) is 0.735. The topological polar surface area (TPSA) is 74.1 Å². The van der Waals surface area contributed by atoms with Gasteiger partial charge in [-0.2, -0.15) is 8.42 Å². The van der Waals surface area contributed by atoms with Crippen molar-refractivity contribution in [1.82, 2.24) is 14.4 Å². The molecule has 118 valence electrons. The molecule has 2 aromatic carbocycles. The third-order valence-corrected chi connectivity index (χ3v) is 4.93. The highest BCUT2D eigenvalue weighted by Crippen LogP contribution is 2.21. The van der Waals surface area contributed by atoms with Gasteiger partial charge in [-0.15, -0.1) is 9.19 Å². The number of methoxy groups -OCH3 is 1. The molecule has 1 heterocycles. The number of hydrogen-bond acceptors (Lipinski definition) is 5. The van der Waals surface area contributed by atoms with Crippen molar-refractivity contribution in [2.24, 2.45) is 0 Å². The van der Waals surface area contributed by atoms with Crippen LogP contribution in [-0.4, -0.2) is 29.9 Å². The molecular weight excluding hydrogens is 314 g/mol. The first kappa shape index (κ1) is 15.2. The van der Waals surface area contributed by atoms with Crippen molar-refractivity contribution in [2.75, 3.05) is 7.11 Å². The summed E-state index contributed by atoms with van der Waals surface area (Å²) >= 11 is 0. The molecule has 1 aromatic heterocycles. The minimum atomic E-state index is -3.77. The SMILES string of the molecule is COc1ccc(S(=O)(=O)n2cc(-c3cccc(C)c3)nn2)cc1. The molecule has 23 heavy (non-hydrogen) atoms. The second-order valence-electron chi connectivity index (χ2n) is 5.03. The fourth-order valence-electron chi connectivity index (χ4n) is 2.16. The van der Waals surface area contributed by atoms with Crippen LogP contribution < -0.4 is 4.74 Å². The summed E-state index contributed by atoms with van der Waals surface area (Å²) in [4.78, 5) is 0.124. The average Bonchev–Trinajstić information content (AvgIpc) is 3.06. The van der Waals surface area contributed by atoms with E-state index in [0.29, 0.717) is 11.4 Å². The zero-order chi connectivity index (χ0) is 16.4. The molecule has 0 radical (unpaired) electrons. The molecule has 0 saturated heterocycles. The van der Waals surface area contributed by atoms with E-state index in [1.807, 2.05) is 31.2 Å². The minimum absolute atomic E-state index is 0.124. The fourth-order valence-corrected chi connectivity index (χ4v) is 3.23. The Balaban J connectivity index is 1.98. The van der Waals surface area contributed by atoms with Crippen molar-refractivity contribution < 1.29 is 13.2 Å². The van der Waals surface area contributed by atoms with Crippen LogP contribution in [0.3, 0.4) is 0 Å². The van der Waals surface area contributed by atoms with Crippen LogP contribution >= 0.6 is 0 Å². The molecule has 3 rings (SSSR count). The third kappa shape index (κ3) is 2.95. The fraction of sp³-hybridized carbons (Fsp3) is 0.125. The van der Waals surface area contributed by atoms with Gasteiger partial charge in [0.15, 0.2) is 0 Å². The predicted molar refractivity (Wildman–Crippen MR) is 85.8 cm³/mol. The van der Waals surface area contributed by atoms with Gasteiger partial charge in [0.25, 0.3) is 10.0 Å². The Hall–Kier alpha value is -2.67. The second kappa shape index (κ2) is 5.85. The van der Waals surface area contributed by atoms with E-state index in [1.54, 1.807) is 12.1 Å². The summed E-state index contributed by atoms with van der Waals surface area (Å²) in [6, 6.07) is 13.8. The van der Waals surface area contributed by atoms with Crippen molar-refractivity contribution in [3.05, 3.63) is 60.3 Å². The molecule has 0 aliphatic heterocycles. The molecule has 0 atom stereocenters. The van der Waals surface area contributed by atoms with Crippen molar-refractivity contribution in [3.63, 3.8) is 0 Å². The monoisotopic (exact) mass is 329 g/mol. The molecule has 6 nitrogen and oxygen atoms in total. The second-order valence-corrected chi connectivity index (χ2v) is 6.82. The summed E-state index contributed by atoms with van der Waals surface area (Å²) in [5.41, 5.74) is 2.39. The van der Waals surface area contributed by atoms with Gasteiger partial charge in [0, 0.05) is 5.56 Å². The molecule has 3 aromatic rings. The first-order valence-corrected chi connectivity index (χ1v) is 8.34. The standard InChI is InChI=1S/C16H15N3O3S/c1-12-4-3-5-13(10-12)16-11-19(18-17-16)23(20,21)15-8-6-14(22-2)7-9-15/h3-11H,1-2H3. The zero-order valence-corrected chi connectivity index (χ0v) is 13.5. The zero-order valence-electron chi connectivity index (χ0n) is 12.7. The van der Waals surface area contributed by atoms with Crippen LogP contribution in [0, 0.1) is 6.92 Å². The number of aromatic nitrogens is 3. The molecular formula is C16H15N3O3S. The molecule has 0 aliphatic carbocycles. The summed E-state index contributed by atoms with van der Waals surface area (Å²) in [5.74, 6) is 0.586. The van der Waals surface area contributed by atoms with Crippen molar-refractivity contribution in [2.45, 2.75) is 11.8 Å². The number of benzene rings is 2. The lowest BCUT2D eigenvalue weighted by Crippen LogP contribution is -2.13. The maximum atomic E-state index is 12.6. The summed E-state index contributed by atoms with van der Waals surface area (Å²) in [6.45, 7) is 1.96. The first-order valence-electron chi connectivity index (χ1n) is 6.90. The predicted octanol–water partition coefficient (Wildman–Crippen LogP) is 2.50. The largest absolute Gasteiger partial charge is 0.497 e. The Morgan fingerprint density at radius 3 is 2.48 bits per heavy atom. The Kier molecular flexibility index (Phi) is 3.87. The van der Waals surface area contributed by atoms with Crippen LogP contribution in [0.25, 0.3) is 11.3 Å². The maximum absolute atomic E-state index is 12.6. The van der Waals surface area contributed by atoms with Crippen LogP contribution in [-0.2, 0) is 10.0 Å². The smallest absolute Gasteiger partial charge is 0.284 e. The van der Waals surface area contributed by atoms with Gasteiger partial charge in [-0.3, -0.25) is 0 Å². The molecule has 0 amide bonds. The lowest BCUT2D eigenvalue weighted by molar-refractivity contribution is 0.414. The molecule has 0 saturated carbocycles. The van der Waals surface area contributed by atoms with Crippen molar-refractivity contribution >= 4 is 10.0 Å². The molecule has 7 heteroatoms. The highest BCUT2D eigenvalue weighted by atomic mass is 32.2. The minimum Gasteiger partial charge on any atom is -0.497 e. The highest BCUT2D eigenvalue weighted by Gasteiger charge is 2.19. The lowest BCUT2D eigenvalue weighted by Gasteiger charge is -2.04. The summed E-state index contributed by atoms with van der Waals surface area (Å²) in [7, 11) is -2.25. The third-order valence-electron chi connectivity index (χ3n) is 3.39. The van der Waals surface area contributed by atoms with Crippen LogP contribution in [0.2, 0.25) is 0 Å². The van der Waals surface area contributed by atoms with Crippen molar-refractivity contribution in [1.29, 1.82) is 0 Å². The van der Waals surface area contributed by atoms with Gasteiger partial charge in [0.05, 0.1) is 18.2 Å². The van der Waals surface area contributed by atoms with E-state index in [1.165, 1.54) is 25.4 Å². The first-order chi connectivity index (χ1) is 11.0. The van der Waals surface area contributed by atoms with Gasteiger partial charge in [-0.05, 0) is 37.3 Å². The number of aryl methyl sites for hydroxylation is 1. The molecule has 0 unspecified atom stereocenters. The molecule has 0 fully saturated rings. The van der Waals surface area contributed by atoms with E-state index in [4.69, 9.17) is 4.74 Å². The maximum Gasteiger partial charge on any atom is 0.284 e. The Morgan fingerprint density at radius 2 is 1.83 bits per heavy atom. The van der Waals surface area contributed by atoms with Gasteiger partial charge >= 0.3 is 0 Å². The van der Waals surface area contributed by atoms with Crippen LogP contribution in [0.1, 0.15) is 5.56 Å². The molecule has 0 spiro atoms. The summed E-state index contributed by atoms with van der Waals surface area (Å²) in [6.07, 6.45) is 1.41. The van der Waals surface area contributed by atoms with E-state index in [2.05, 4.69) is 10.3 Å². The lowest BCUT2D eigenvalue weighted by atomic mass is 10.1. The van der Waals surface area contributed by atoms with E-state index in [0.717, 1.165) is 15.2 Å². The normalized spacial score (nSPS) is 11.4. The van der Waals surface area contributed by atoms with Gasteiger partial charge in [0.2, 0.25) is 0 Å². The van der Waals surface area contributed by atoms with Gasteiger partial charge in [-0.25, -0.2) is 0 Å². The highest BCUT2D eigenvalue weighted by molar-refractivity contribution is 7.89. The van der Waals surface area contributed by atoms with Gasteiger partial charge in [-0.1, -0.05) is 29.0 Å². The van der Waals surface area contributed by atoms with E-state index in [9.17, 15) is 8.42 Å². The van der Waals surface area contributed by atoms with E-state index in [-0.39, 0.29) is 4.90 Å².